The Kier molecular flexibility index (Phi) is 5.94. The van der Waals surface area contributed by atoms with E-state index in [1.807, 2.05) is 60.7 Å². The van der Waals surface area contributed by atoms with Crippen LogP contribution in [0.4, 0.5) is 5.82 Å². The summed E-state index contributed by atoms with van der Waals surface area (Å²) in [6.45, 7) is 3.93. The van der Waals surface area contributed by atoms with Gasteiger partial charge in [0.2, 0.25) is 11.6 Å². The SMILES string of the molecule is C=C(NNC(=O)c1nnn(-c2nonc2N)c1CSc1ccccc1)c1ccccc1. The normalized spacial score (nSPS) is 10.6. The number of nitrogens with one attached hydrogen (secondary N) is 2. The van der Waals surface area contributed by atoms with E-state index in [-0.39, 0.29) is 17.3 Å². The number of nitrogens with two attached hydrogens (primary N) is 1. The Labute approximate surface area is 181 Å². The first-order chi connectivity index (χ1) is 15.1. The topological polar surface area (TPSA) is 137 Å². The van der Waals surface area contributed by atoms with E-state index in [9.17, 15) is 4.79 Å². The number of anilines is 1. The molecule has 156 valence electrons. The number of carbonyl (C=O) groups excluding carboxylic acids is 1. The molecule has 0 atom stereocenters. The molecule has 4 N–H and O–H groups in total. The van der Waals surface area contributed by atoms with Crippen molar-refractivity contribution in [1.29, 1.82) is 0 Å². The average Bonchev–Trinajstić information content (AvgIpc) is 3.42. The first-order valence-corrected chi connectivity index (χ1v) is 10.1. The van der Waals surface area contributed by atoms with Gasteiger partial charge in [0, 0.05) is 10.6 Å². The molecule has 31 heavy (non-hydrogen) atoms. The Morgan fingerprint density at radius 1 is 1.06 bits per heavy atom. The number of thioether (sulfide) groups is 1. The number of hydrogen-bond acceptors (Lipinski definition) is 9. The van der Waals surface area contributed by atoms with Gasteiger partial charge >= 0.3 is 0 Å². The van der Waals surface area contributed by atoms with Gasteiger partial charge in [0.25, 0.3) is 5.91 Å². The lowest BCUT2D eigenvalue weighted by Crippen LogP contribution is -2.36. The van der Waals surface area contributed by atoms with E-state index in [0.717, 1.165) is 10.5 Å². The first kappa shape index (κ1) is 20.2. The highest BCUT2D eigenvalue weighted by Crippen LogP contribution is 2.25. The second-order valence-corrected chi connectivity index (χ2v) is 7.34. The molecule has 1 amide bonds. The minimum Gasteiger partial charge on any atom is -0.378 e. The molecule has 0 saturated carbocycles. The summed E-state index contributed by atoms with van der Waals surface area (Å²) in [7, 11) is 0. The van der Waals surface area contributed by atoms with Crippen LogP contribution in [0.5, 0.6) is 0 Å². The highest BCUT2D eigenvalue weighted by Gasteiger charge is 2.24. The van der Waals surface area contributed by atoms with Gasteiger partial charge in [-0.2, -0.15) is 4.68 Å². The summed E-state index contributed by atoms with van der Waals surface area (Å²) in [6, 6.07) is 19.1. The molecule has 0 spiro atoms. The van der Waals surface area contributed by atoms with Crippen LogP contribution in [0.2, 0.25) is 0 Å². The van der Waals surface area contributed by atoms with Crippen LogP contribution >= 0.6 is 11.8 Å². The molecule has 0 aliphatic carbocycles. The summed E-state index contributed by atoms with van der Waals surface area (Å²) in [5.41, 5.74) is 13.2. The van der Waals surface area contributed by atoms with E-state index in [1.165, 1.54) is 16.4 Å². The summed E-state index contributed by atoms with van der Waals surface area (Å²) in [5.74, 6) is 0.100. The van der Waals surface area contributed by atoms with Crippen molar-refractivity contribution in [3.05, 3.63) is 84.2 Å². The maximum absolute atomic E-state index is 12.8. The Hall–Kier alpha value is -4.12. The fourth-order valence-electron chi connectivity index (χ4n) is 2.69. The van der Waals surface area contributed by atoms with E-state index >= 15 is 0 Å². The third kappa shape index (κ3) is 4.56. The molecule has 10 nitrogen and oxygen atoms in total. The van der Waals surface area contributed by atoms with Crippen molar-refractivity contribution in [3.8, 4) is 5.82 Å². The van der Waals surface area contributed by atoms with Gasteiger partial charge in [-0.05, 0) is 28.0 Å². The third-order valence-corrected chi connectivity index (χ3v) is 5.27. The zero-order chi connectivity index (χ0) is 21.6. The number of hydrogen-bond donors (Lipinski definition) is 3. The lowest BCUT2D eigenvalue weighted by molar-refractivity contribution is 0.0936. The molecule has 0 unspecified atom stereocenters. The monoisotopic (exact) mass is 434 g/mol. The Morgan fingerprint density at radius 3 is 2.45 bits per heavy atom. The summed E-state index contributed by atoms with van der Waals surface area (Å²) in [4.78, 5) is 13.9. The van der Waals surface area contributed by atoms with Crippen molar-refractivity contribution < 1.29 is 9.42 Å². The van der Waals surface area contributed by atoms with Crippen molar-refractivity contribution in [2.24, 2.45) is 0 Å². The van der Waals surface area contributed by atoms with Crippen molar-refractivity contribution >= 4 is 29.2 Å². The molecule has 4 rings (SSSR count). The molecule has 0 saturated heterocycles. The molecule has 0 radical (unpaired) electrons. The molecular weight excluding hydrogens is 416 g/mol. The maximum Gasteiger partial charge on any atom is 0.292 e. The van der Waals surface area contributed by atoms with E-state index < -0.39 is 5.91 Å². The molecular formula is C20H18N8O2S. The third-order valence-electron chi connectivity index (χ3n) is 4.24. The number of aromatic nitrogens is 5. The highest BCUT2D eigenvalue weighted by molar-refractivity contribution is 7.98. The van der Waals surface area contributed by atoms with Crippen molar-refractivity contribution in [1.82, 2.24) is 36.2 Å². The largest absolute Gasteiger partial charge is 0.378 e. The quantitative estimate of drug-likeness (QED) is 0.282. The molecule has 2 heterocycles. The maximum atomic E-state index is 12.8. The Morgan fingerprint density at radius 2 is 1.77 bits per heavy atom. The van der Waals surface area contributed by atoms with Gasteiger partial charge < -0.3 is 5.73 Å². The Balaban J connectivity index is 1.56. The standard InChI is InChI=1S/C20H18N8O2S/c1-13(14-8-4-2-5-9-14)22-24-20(29)17-16(12-31-15-10-6-3-7-11-15)28(27-23-17)19-18(21)25-30-26-19/h2-11,22H,1,12H2,(H2,21,25)(H,24,29). The molecule has 2 aromatic heterocycles. The van der Waals surface area contributed by atoms with Crippen LogP contribution in [0.1, 0.15) is 21.7 Å². The number of hydrazine groups is 1. The fourth-order valence-corrected chi connectivity index (χ4v) is 3.60. The lowest BCUT2D eigenvalue weighted by Gasteiger charge is -2.11. The summed E-state index contributed by atoms with van der Waals surface area (Å²) in [5, 5.41) is 15.4. The van der Waals surface area contributed by atoms with E-state index in [4.69, 9.17) is 5.73 Å². The zero-order valence-electron chi connectivity index (χ0n) is 16.2. The van der Waals surface area contributed by atoms with Gasteiger partial charge in [-0.1, -0.05) is 60.3 Å². The minimum atomic E-state index is -0.484. The minimum absolute atomic E-state index is 0.0402. The van der Waals surface area contributed by atoms with Gasteiger partial charge in [0.1, 0.15) is 0 Å². The summed E-state index contributed by atoms with van der Waals surface area (Å²) >= 11 is 1.51. The summed E-state index contributed by atoms with van der Waals surface area (Å²) < 4.78 is 6.02. The molecule has 2 aromatic carbocycles. The van der Waals surface area contributed by atoms with Crippen LogP contribution in [-0.2, 0) is 5.75 Å². The molecule has 11 heteroatoms. The lowest BCUT2D eigenvalue weighted by atomic mass is 10.2. The molecule has 0 aliphatic rings. The first-order valence-electron chi connectivity index (χ1n) is 9.15. The van der Waals surface area contributed by atoms with E-state index in [2.05, 4.69) is 42.7 Å². The Bertz CT molecular complexity index is 1190. The smallest absolute Gasteiger partial charge is 0.292 e. The van der Waals surface area contributed by atoms with Crippen LogP contribution in [0.25, 0.3) is 11.5 Å². The predicted molar refractivity (Wildman–Crippen MR) is 116 cm³/mol. The zero-order valence-corrected chi connectivity index (χ0v) is 17.0. The number of benzene rings is 2. The number of nitrogen functional groups attached to an aromatic ring is 1. The van der Waals surface area contributed by atoms with Gasteiger partial charge in [0.05, 0.1) is 11.4 Å². The fraction of sp³-hybridized carbons (Fsp3) is 0.0500. The van der Waals surface area contributed by atoms with Gasteiger partial charge in [0.15, 0.2) is 5.69 Å². The van der Waals surface area contributed by atoms with Crippen LogP contribution in [-0.4, -0.2) is 31.2 Å². The van der Waals surface area contributed by atoms with E-state index in [0.29, 0.717) is 17.1 Å². The second kappa shape index (κ2) is 9.13. The summed E-state index contributed by atoms with van der Waals surface area (Å²) in [6.07, 6.45) is 0. The number of nitrogens with zero attached hydrogens (tertiary/aromatic N) is 5. The molecule has 0 bridgehead atoms. The average molecular weight is 434 g/mol. The van der Waals surface area contributed by atoms with Crippen molar-refractivity contribution in [2.45, 2.75) is 10.6 Å². The van der Waals surface area contributed by atoms with Crippen LogP contribution in [0, 0.1) is 0 Å². The number of amides is 1. The number of carbonyl (C=O) groups is 1. The molecule has 0 aliphatic heterocycles. The van der Waals surface area contributed by atoms with E-state index in [1.54, 1.807) is 0 Å². The predicted octanol–water partition coefficient (Wildman–Crippen LogP) is 2.43. The van der Waals surface area contributed by atoms with Crippen molar-refractivity contribution in [3.63, 3.8) is 0 Å². The molecule has 4 aromatic rings. The second-order valence-electron chi connectivity index (χ2n) is 6.30. The van der Waals surface area contributed by atoms with Gasteiger partial charge in [-0.3, -0.25) is 15.6 Å². The molecule has 0 fully saturated rings. The van der Waals surface area contributed by atoms with Crippen LogP contribution in [0.3, 0.4) is 0 Å². The highest BCUT2D eigenvalue weighted by atomic mass is 32.2. The van der Waals surface area contributed by atoms with Gasteiger partial charge in [-0.15, -0.1) is 16.9 Å². The van der Waals surface area contributed by atoms with Crippen LogP contribution < -0.4 is 16.6 Å². The van der Waals surface area contributed by atoms with Gasteiger partial charge in [-0.25, -0.2) is 4.63 Å². The van der Waals surface area contributed by atoms with Crippen molar-refractivity contribution in [2.75, 3.05) is 5.73 Å². The van der Waals surface area contributed by atoms with Crippen LogP contribution in [0.15, 0.2) is 76.8 Å². The number of rotatable bonds is 8.